The Morgan fingerprint density at radius 2 is 1.36 bits per heavy atom. The minimum absolute atomic E-state index is 0.0706. The molecule has 1 fully saturated rings. The van der Waals surface area contributed by atoms with Crippen molar-refractivity contribution in [3.05, 3.63) is 65.9 Å². The highest BCUT2D eigenvalue weighted by atomic mass is 19.1. The topological polar surface area (TPSA) is 74.5 Å². The van der Waals surface area contributed by atoms with Gasteiger partial charge in [-0.25, -0.2) is 13.6 Å². The summed E-state index contributed by atoms with van der Waals surface area (Å²) >= 11 is 0. The maximum Gasteiger partial charge on any atom is 0.360 e. The van der Waals surface area contributed by atoms with Crippen LogP contribution in [0, 0.1) is 11.6 Å². The van der Waals surface area contributed by atoms with Crippen molar-refractivity contribution in [2.75, 3.05) is 36.0 Å². The minimum Gasteiger partial charge on any atom is -0.476 e. The predicted molar refractivity (Wildman–Crippen MR) is 99.1 cm³/mol. The Hall–Kier alpha value is -3.49. The third-order valence-corrected chi connectivity index (χ3v) is 4.64. The smallest absolute Gasteiger partial charge is 0.360 e. The van der Waals surface area contributed by atoms with Gasteiger partial charge < -0.3 is 14.9 Å². The number of benzene rings is 2. The molecule has 1 N–H and O–H groups in total. The van der Waals surface area contributed by atoms with E-state index in [0.29, 0.717) is 31.9 Å². The molecule has 0 amide bonds. The molecule has 3 aromatic rings. The van der Waals surface area contributed by atoms with Gasteiger partial charge in [-0.3, -0.25) is 0 Å². The van der Waals surface area contributed by atoms with Crippen molar-refractivity contribution in [1.29, 1.82) is 0 Å². The molecular weight excluding hydrogens is 368 g/mol. The Balaban J connectivity index is 1.59. The summed E-state index contributed by atoms with van der Waals surface area (Å²) in [5.41, 5.74) is 0.333. The number of carbonyl (C=O) groups is 1. The van der Waals surface area contributed by atoms with E-state index in [-0.39, 0.29) is 23.0 Å². The van der Waals surface area contributed by atoms with Gasteiger partial charge in [-0.15, -0.1) is 15.0 Å². The molecule has 0 saturated carbocycles. The fourth-order valence-corrected chi connectivity index (χ4v) is 3.24. The van der Waals surface area contributed by atoms with Gasteiger partial charge in [-0.1, -0.05) is 24.3 Å². The summed E-state index contributed by atoms with van der Waals surface area (Å²) in [4.78, 5) is 16.3. The van der Waals surface area contributed by atoms with E-state index in [2.05, 4.69) is 10.2 Å². The van der Waals surface area contributed by atoms with E-state index in [4.69, 9.17) is 0 Å². The molecule has 1 aromatic heterocycles. The summed E-state index contributed by atoms with van der Waals surface area (Å²) in [6, 6.07) is 12.4. The van der Waals surface area contributed by atoms with Crippen LogP contribution in [0.4, 0.5) is 20.3 Å². The molecule has 1 aliphatic rings. The number of carboxylic acid groups (broad SMARTS) is 1. The number of aromatic carboxylic acids is 1. The first kappa shape index (κ1) is 17.9. The zero-order chi connectivity index (χ0) is 19.7. The van der Waals surface area contributed by atoms with Crippen molar-refractivity contribution in [3.8, 4) is 5.69 Å². The number of hydrogen-bond acceptors (Lipinski definition) is 5. The highest BCUT2D eigenvalue weighted by Gasteiger charge is 2.27. The molecule has 1 aliphatic heterocycles. The summed E-state index contributed by atoms with van der Waals surface area (Å²) in [5.74, 6) is -1.92. The van der Waals surface area contributed by atoms with E-state index in [1.165, 1.54) is 24.3 Å². The molecule has 0 aliphatic carbocycles. The zero-order valence-electron chi connectivity index (χ0n) is 14.8. The monoisotopic (exact) mass is 385 g/mol. The molecule has 0 unspecified atom stereocenters. The van der Waals surface area contributed by atoms with Crippen LogP contribution in [0.3, 0.4) is 0 Å². The summed E-state index contributed by atoms with van der Waals surface area (Å²) in [7, 11) is 0. The average Bonchev–Trinajstić information content (AvgIpc) is 3.14. The van der Waals surface area contributed by atoms with Crippen LogP contribution in [0.1, 0.15) is 10.5 Å². The van der Waals surface area contributed by atoms with Crippen LogP contribution in [0.5, 0.6) is 0 Å². The van der Waals surface area contributed by atoms with Crippen LogP contribution in [0.25, 0.3) is 5.69 Å². The van der Waals surface area contributed by atoms with Crippen LogP contribution < -0.4 is 9.80 Å². The van der Waals surface area contributed by atoms with Gasteiger partial charge in [0.05, 0.1) is 5.69 Å². The SMILES string of the molecule is O=C(O)c1nn(-c2ccccc2F)nc1N1CCN(c2ccccc2F)CC1. The second kappa shape index (κ2) is 7.26. The third-order valence-electron chi connectivity index (χ3n) is 4.64. The van der Waals surface area contributed by atoms with Crippen LogP contribution in [0.15, 0.2) is 48.5 Å². The zero-order valence-corrected chi connectivity index (χ0v) is 14.8. The number of aromatic nitrogens is 3. The molecule has 0 radical (unpaired) electrons. The molecule has 0 spiro atoms. The Kier molecular flexibility index (Phi) is 4.64. The van der Waals surface area contributed by atoms with Gasteiger partial charge in [0, 0.05) is 26.2 Å². The number of piperazine rings is 1. The molecule has 0 atom stereocenters. The first-order chi connectivity index (χ1) is 13.5. The molecule has 9 heteroatoms. The van der Waals surface area contributed by atoms with E-state index in [1.807, 2.05) is 4.90 Å². The number of para-hydroxylation sites is 2. The first-order valence-electron chi connectivity index (χ1n) is 8.74. The van der Waals surface area contributed by atoms with Crippen molar-refractivity contribution in [1.82, 2.24) is 15.0 Å². The number of rotatable bonds is 4. The van der Waals surface area contributed by atoms with Gasteiger partial charge in [-0.2, -0.15) is 0 Å². The van der Waals surface area contributed by atoms with Crippen LogP contribution in [-0.4, -0.2) is 52.2 Å². The lowest BCUT2D eigenvalue weighted by Crippen LogP contribution is -2.47. The van der Waals surface area contributed by atoms with Gasteiger partial charge in [-0.05, 0) is 24.3 Å². The third kappa shape index (κ3) is 3.26. The Bertz CT molecular complexity index is 1020. The van der Waals surface area contributed by atoms with Crippen molar-refractivity contribution >= 4 is 17.5 Å². The number of anilines is 2. The number of hydrogen-bond donors (Lipinski definition) is 1. The Morgan fingerprint density at radius 1 is 0.821 bits per heavy atom. The Labute approximate surface area is 159 Å². The van der Waals surface area contributed by atoms with Gasteiger partial charge >= 0.3 is 5.97 Å². The molecule has 144 valence electrons. The van der Waals surface area contributed by atoms with Gasteiger partial charge in [0.2, 0.25) is 5.69 Å². The van der Waals surface area contributed by atoms with Gasteiger partial charge in [0.25, 0.3) is 0 Å². The lowest BCUT2D eigenvalue weighted by atomic mass is 10.2. The predicted octanol–water partition coefficient (Wildman–Crippen LogP) is 2.57. The summed E-state index contributed by atoms with van der Waals surface area (Å²) in [5, 5.41) is 17.7. The van der Waals surface area contributed by atoms with Crippen LogP contribution in [0.2, 0.25) is 0 Å². The fourth-order valence-electron chi connectivity index (χ4n) is 3.24. The van der Waals surface area contributed by atoms with Crippen molar-refractivity contribution in [3.63, 3.8) is 0 Å². The van der Waals surface area contributed by atoms with E-state index < -0.39 is 11.8 Å². The van der Waals surface area contributed by atoms with Crippen LogP contribution >= 0.6 is 0 Å². The molecule has 7 nitrogen and oxygen atoms in total. The van der Waals surface area contributed by atoms with E-state index >= 15 is 0 Å². The number of nitrogens with zero attached hydrogens (tertiary/aromatic N) is 5. The first-order valence-corrected chi connectivity index (χ1v) is 8.74. The second-order valence-corrected chi connectivity index (χ2v) is 6.34. The molecule has 2 heterocycles. The summed E-state index contributed by atoms with van der Waals surface area (Å²) in [6.07, 6.45) is 0. The summed E-state index contributed by atoms with van der Waals surface area (Å²) < 4.78 is 28.0. The normalized spacial score (nSPS) is 14.4. The minimum atomic E-state index is -1.24. The average molecular weight is 385 g/mol. The van der Waals surface area contributed by atoms with E-state index in [1.54, 1.807) is 29.2 Å². The largest absolute Gasteiger partial charge is 0.476 e. The van der Waals surface area contributed by atoms with Crippen LogP contribution in [-0.2, 0) is 0 Å². The van der Waals surface area contributed by atoms with E-state index in [9.17, 15) is 18.7 Å². The number of halogens is 2. The van der Waals surface area contributed by atoms with Gasteiger partial charge in [0.1, 0.15) is 11.5 Å². The van der Waals surface area contributed by atoms with Crippen molar-refractivity contribution < 1.29 is 18.7 Å². The second-order valence-electron chi connectivity index (χ2n) is 6.34. The molecule has 2 aromatic carbocycles. The number of carboxylic acids is 1. The maximum absolute atomic E-state index is 14.0. The van der Waals surface area contributed by atoms with Crippen molar-refractivity contribution in [2.45, 2.75) is 0 Å². The lowest BCUT2D eigenvalue weighted by molar-refractivity contribution is 0.0690. The molecule has 0 bridgehead atoms. The quantitative estimate of drug-likeness (QED) is 0.744. The molecular formula is C19H17F2N5O2. The highest BCUT2D eigenvalue weighted by molar-refractivity contribution is 5.91. The standard InChI is InChI=1S/C19H17F2N5O2/c20-13-5-1-3-7-15(13)24-9-11-25(12-10-24)18-17(19(27)28)22-26(23-18)16-8-4-2-6-14(16)21/h1-8H,9-12H2,(H,27,28). The summed E-state index contributed by atoms with van der Waals surface area (Å²) in [6.45, 7) is 1.86. The highest BCUT2D eigenvalue weighted by Crippen LogP contribution is 2.24. The van der Waals surface area contributed by atoms with Gasteiger partial charge in [0.15, 0.2) is 11.6 Å². The van der Waals surface area contributed by atoms with E-state index in [0.717, 1.165) is 4.80 Å². The Morgan fingerprint density at radius 3 is 1.93 bits per heavy atom. The lowest BCUT2D eigenvalue weighted by Gasteiger charge is -2.36. The molecule has 1 saturated heterocycles. The maximum atomic E-state index is 14.0. The molecule has 4 rings (SSSR count). The fraction of sp³-hybridized carbons (Fsp3) is 0.211. The molecule has 28 heavy (non-hydrogen) atoms. The van der Waals surface area contributed by atoms with Crippen molar-refractivity contribution in [2.24, 2.45) is 0 Å².